The van der Waals surface area contributed by atoms with Gasteiger partial charge in [0.25, 0.3) is 0 Å². The first kappa shape index (κ1) is 31.1. The Morgan fingerprint density at radius 1 is 1.10 bits per heavy atom. The molecule has 0 heterocycles. The quantitative estimate of drug-likeness (QED) is 0.285. The first-order valence-electron chi connectivity index (χ1n) is 14.1. The van der Waals surface area contributed by atoms with Gasteiger partial charge in [0.2, 0.25) is 0 Å². The molecule has 40 heavy (non-hydrogen) atoms. The van der Waals surface area contributed by atoms with E-state index in [1.807, 2.05) is 13.8 Å². The highest BCUT2D eigenvalue weighted by Gasteiger charge is 2.66. The molecule has 0 saturated heterocycles. The van der Waals surface area contributed by atoms with E-state index >= 15 is 0 Å². The predicted molar refractivity (Wildman–Crippen MR) is 135 cm³/mol. The second-order valence-corrected chi connectivity index (χ2v) is 14.4. The lowest BCUT2D eigenvalue weighted by Gasteiger charge is -2.58. The maximum atomic E-state index is 13.8. The Balaban J connectivity index is 1.36. The molecule has 0 amide bonds. The van der Waals surface area contributed by atoms with E-state index in [0.29, 0.717) is 38.5 Å². The summed E-state index contributed by atoms with van der Waals surface area (Å²) in [6.07, 6.45) is -0.491. The number of carbonyl (C=O) groups excluding carboxylic acids is 4. The number of fused-ring (bicyclic) bond motifs is 5. The second kappa shape index (κ2) is 10.8. The maximum absolute atomic E-state index is 13.8. The Morgan fingerprint density at radius 2 is 1.77 bits per heavy atom. The minimum atomic E-state index is -6.19. The Morgan fingerprint density at radius 3 is 2.42 bits per heavy atom. The summed E-state index contributed by atoms with van der Waals surface area (Å²) in [5.74, 6) is -0.861. The van der Waals surface area contributed by atoms with Crippen LogP contribution in [0.1, 0.15) is 85.0 Å². The van der Waals surface area contributed by atoms with Gasteiger partial charge in [-0.15, -0.1) is 0 Å². The van der Waals surface area contributed by atoms with Gasteiger partial charge in [0.05, 0.1) is 6.61 Å². The zero-order valence-corrected chi connectivity index (χ0v) is 23.9. The van der Waals surface area contributed by atoms with E-state index in [-0.39, 0.29) is 64.7 Å². The van der Waals surface area contributed by atoms with Crippen molar-refractivity contribution in [2.24, 2.45) is 46.3 Å². The SMILES string of the molecule is CC(CCC(=O)OCCC(F)C(F)(F)S(=O)(=O)[O-])C1CCC2C3C(=O)CC4CC(=O)CCC4(C)C3CC(=O)C12C. The lowest BCUT2D eigenvalue weighted by atomic mass is 9.44. The lowest BCUT2D eigenvalue weighted by molar-refractivity contribution is -0.166. The van der Waals surface area contributed by atoms with E-state index in [1.165, 1.54) is 0 Å². The molecule has 9 unspecified atom stereocenters. The van der Waals surface area contributed by atoms with Crippen LogP contribution in [-0.4, -0.2) is 54.3 Å². The molecular formula is C28H38F3O8S-. The molecule has 0 aromatic rings. The summed E-state index contributed by atoms with van der Waals surface area (Å²) < 4.78 is 76.4. The smallest absolute Gasteiger partial charge is 0.364 e. The number of alkyl halides is 3. The molecular weight excluding hydrogens is 553 g/mol. The Kier molecular flexibility index (Phi) is 8.39. The molecule has 4 fully saturated rings. The highest BCUT2D eigenvalue weighted by Crippen LogP contribution is 2.66. The number of ketones is 3. The van der Waals surface area contributed by atoms with Gasteiger partial charge < -0.3 is 9.29 Å². The molecule has 0 radical (unpaired) electrons. The van der Waals surface area contributed by atoms with Gasteiger partial charge in [0.1, 0.15) is 17.3 Å². The molecule has 4 aliphatic carbocycles. The highest BCUT2D eigenvalue weighted by molar-refractivity contribution is 7.86. The summed E-state index contributed by atoms with van der Waals surface area (Å²) in [5, 5.41) is -5.11. The summed E-state index contributed by atoms with van der Waals surface area (Å²) in [5.41, 5.74) is -0.928. The largest absolute Gasteiger partial charge is 0.743 e. The molecule has 0 bridgehead atoms. The van der Waals surface area contributed by atoms with Crippen LogP contribution in [0.4, 0.5) is 13.2 Å². The molecule has 0 N–H and O–H groups in total. The normalized spacial score (nSPS) is 37.8. The molecule has 0 aliphatic heterocycles. The van der Waals surface area contributed by atoms with Gasteiger partial charge >= 0.3 is 11.2 Å². The molecule has 0 aromatic heterocycles. The van der Waals surface area contributed by atoms with Crippen molar-refractivity contribution in [2.45, 2.75) is 96.4 Å². The molecule has 4 rings (SSSR count). The minimum absolute atomic E-state index is 0.00889. The number of halogens is 3. The van der Waals surface area contributed by atoms with Crippen LogP contribution in [0.5, 0.6) is 0 Å². The number of rotatable bonds is 9. The van der Waals surface area contributed by atoms with Crippen molar-refractivity contribution in [1.29, 1.82) is 0 Å². The maximum Gasteiger partial charge on any atom is 0.364 e. The average Bonchev–Trinajstić information content (AvgIpc) is 3.22. The molecule has 8 nitrogen and oxygen atoms in total. The molecule has 226 valence electrons. The van der Waals surface area contributed by atoms with Gasteiger partial charge in [-0.05, 0) is 60.7 Å². The van der Waals surface area contributed by atoms with Crippen LogP contribution < -0.4 is 0 Å². The van der Waals surface area contributed by atoms with E-state index < -0.39 is 46.0 Å². The molecule has 4 aliphatic rings. The molecule has 12 heteroatoms. The van der Waals surface area contributed by atoms with E-state index in [4.69, 9.17) is 4.74 Å². The number of carbonyl (C=O) groups is 4. The fourth-order valence-corrected chi connectivity index (χ4v) is 9.04. The molecule has 0 spiro atoms. The topological polar surface area (TPSA) is 135 Å². The zero-order valence-electron chi connectivity index (χ0n) is 23.1. The van der Waals surface area contributed by atoms with Crippen LogP contribution in [0.15, 0.2) is 0 Å². The van der Waals surface area contributed by atoms with E-state index in [2.05, 4.69) is 6.92 Å². The van der Waals surface area contributed by atoms with E-state index in [9.17, 15) is 45.3 Å². The Bertz CT molecular complexity index is 1170. The van der Waals surface area contributed by atoms with Crippen molar-refractivity contribution in [3.63, 3.8) is 0 Å². The zero-order chi connectivity index (χ0) is 29.8. The third kappa shape index (κ3) is 5.16. The molecule has 0 aromatic carbocycles. The monoisotopic (exact) mass is 591 g/mol. The second-order valence-electron chi connectivity index (χ2n) is 13.0. The van der Waals surface area contributed by atoms with Crippen molar-refractivity contribution in [3.05, 3.63) is 0 Å². The minimum Gasteiger partial charge on any atom is -0.743 e. The van der Waals surface area contributed by atoms with Crippen LogP contribution in [-0.2, 0) is 34.0 Å². The number of ether oxygens (including phenoxy) is 1. The average molecular weight is 592 g/mol. The fourth-order valence-electron chi connectivity index (χ4n) is 8.61. The van der Waals surface area contributed by atoms with Gasteiger partial charge in [-0.3, -0.25) is 19.2 Å². The number of hydrogen-bond acceptors (Lipinski definition) is 8. The third-order valence-electron chi connectivity index (χ3n) is 11.0. The van der Waals surface area contributed by atoms with Crippen molar-refractivity contribution in [1.82, 2.24) is 0 Å². The number of Topliss-reactive ketones (excluding diaryl/α,β-unsaturated/α-hetero) is 3. The van der Waals surface area contributed by atoms with Crippen molar-refractivity contribution in [2.75, 3.05) is 6.61 Å². The first-order chi connectivity index (χ1) is 18.4. The molecule has 9 atom stereocenters. The number of hydrogen-bond donors (Lipinski definition) is 0. The number of esters is 1. The summed E-state index contributed by atoms with van der Waals surface area (Å²) in [4.78, 5) is 51.6. The summed E-state index contributed by atoms with van der Waals surface area (Å²) in [7, 11) is -6.19. The van der Waals surface area contributed by atoms with Crippen LogP contribution in [0, 0.1) is 46.3 Å². The van der Waals surface area contributed by atoms with E-state index in [1.54, 1.807) is 0 Å². The van der Waals surface area contributed by atoms with E-state index in [0.717, 1.165) is 12.8 Å². The van der Waals surface area contributed by atoms with Crippen molar-refractivity contribution < 1.29 is 50.1 Å². The summed E-state index contributed by atoms with van der Waals surface area (Å²) in [6.45, 7) is 5.21. The summed E-state index contributed by atoms with van der Waals surface area (Å²) >= 11 is 0. The van der Waals surface area contributed by atoms with Gasteiger partial charge in [-0.25, -0.2) is 12.8 Å². The first-order valence-corrected chi connectivity index (χ1v) is 15.6. The molecule has 4 saturated carbocycles. The van der Waals surface area contributed by atoms with Crippen LogP contribution in [0.2, 0.25) is 0 Å². The predicted octanol–water partition coefficient (Wildman–Crippen LogP) is 4.40. The third-order valence-corrected chi connectivity index (χ3v) is 12.0. The van der Waals surface area contributed by atoms with Crippen molar-refractivity contribution in [3.8, 4) is 0 Å². The highest BCUT2D eigenvalue weighted by atomic mass is 32.2. The van der Waals surface area contributed by atoms with Gasteiger partial charge in [-0.2, -0.15) is 8.78 Å². The summed E-state index contributed by atoms with van der Waals surface area (Å²) in [6, 6.07) is 0. The Labute approximate surface area is 232 Å². The van der Waals surface area contributed by atoms with Crippen molar-refractivity contribution >= 4 is 33.4 Å². The standard InChI is InChI=1S/C28H39F3O8S/c1-15(4-7-24(35)39-11-9-22(29)28(30,31)40(36,37)38)18-5-6-19-25-20(14-23(34)27(18,19)3)26(2)10-8-17(32)12-16(26)13-21(25)33/h15-16,18-20,22,25H,4-14H2,1-3H3,(H,36,37,38)/p-1. The van der Waals surface area contributed by atoms with Crippen LogP contribution >= 0.6 is 0 Å². The van der Waals surface area contributed by atoms with Gasteiger partial charge in [0, 0.05) is 49.9 Å². The van der Waals surface area contributed by atoms with Gasteiger partial charge in [0.15, 0.2) is 16.3 Å². The van der Waals surface area contributed by atoms with Gasteiger partial charge in [-0.1, -0.05) is 20.8 Å². The van der Waals surface area contributed by atoms with Crippen LogP contribution in [0.25, 0.3) is 0 Å². The fraction of sp³-hybridized carbons (Fsp3) is 0.857. The lowest BCUT2D eigenvalue weighted by Crippen LogP contribution is -2.60. The Hall–Kier alpha value is -1.82. The van der Waals surface area contributed by atoms with Crippen LogP contribution in [0.3, 0.4) is 0 Å².